The molecule has 3 aromatic heterocycles. The second kappa shape index (κ2) is 4.69. The maximum Gasteiger partial charge on any atom is 0.224 e. The number of aryl methyl sites for hydroxylation is 2. The Morgan fingerprint density at radius 2 is 2.18 bits per heavy atom. The van der Waals surface area contributed by atoms with Crippen LogP contribution in [0.1, 0.15) is 23.9 Å². The number of nitrogens with one attached hydrogen (secondary N) is 1. The van der Waals surface area contributed by atoms with Crippen molar-refractivity contribution in [2.75, 3.05) is 23.7 Å². The molecule has 0 spiro atoms. The Labute approximate surface area is 127 Å². The quantitative estimate of drug-likeness (QED) is 0.737. The summed E-state index contributed by atoms with van der Waals surface area (Å²) in [5, 5.41) is 4.60. The number of nitrogens with zero attached hydrogens (tertiary/aromatic N) is 6. The largest absolute Gasteiger partial charge is 0.368 e. The number of aromatic amines is 1. The van der Waals surface area contributed by atoms with Gasteiger partial charge in [-0.05, 0) is 26.3 Å². The lowest BCUT2D eigenvalue weighted by atomic mass is 10.2. The van der Waals surface area contributed by atoms with Gasteiger partial charge in [-0.3, -0.25) is 4.68 Å². The molecule has 3 N–H and O–H groups in total. The highest BCUT2D eigenvalue weighted by atomic mass is 15.4. The van der Waals surface area contributed by atoms with Crippen molar-refractivity contribution in [1.82, 2.24) is 29.7 Å². The highest BCUT2D eigenvalue weighted by molar-refractivity contribution is 5.84. The number of fused-ring (bicyclic) bond motifs is 1. The number of hydrogen-bond donors (Lipinski definition) is 2. The van der Waals surface area contributed by atoms with Crippen LogP contribution in [0.25, 0.3) is 11.2 Å². The van der Waals surface area contributed by atoms with E-state index >= 15 is 0 Å². The van der Waals surface area contributed by atoms with Crippen molar-refractivity contribution in [3.8, 4) is 0 Å². The molecular formula is C14H18N8. The first-order valence-corrected chi connectivity index (χ1v) is 7.36. The van der Waals surface area contributed by atoms with Gasteiger partial charge in [0.2, 0.25) is 5.95 Å². The van der Waals surface area contributed by atoms with E-state index in [-0.39, 0.29) is 5.95 Å². The second-order valence-electron chi connectivity index (χ2n) is 5.77. The summed E-state index contributed by atoms with van der Waals surface area (Å²) in [6, 6.07) is 2.46. The lowest BCUT2D eigenvalue weighted by Crippen LogP contribution is -2.23. The number of anilines is 2. The van der Waals surface area contributed by atoms with E-state index in [0.29, 0.717) is 11.7 Å². The molecule has 1 fully saturated rings. The van der Waals surface area contributed by atoms with Crippen molar-refractivity contribution in [2.24, 2.45) is 0 Å². The van der Waals surface area contributed by atoms with Crippen molar-refractivity contribution in [1.29, 1.82) is 0 Å². The minimum absolute atomic E-state index is 0.254. The summed E-state index contributed by atoms with van der Waals surface area (Å²) < 4.78 is 2.12. The fraction of sp³-hybridized carbons (Fsp3) is 0.429. The third-order valence-electron chi connectivity index (χ3n) is 4.14. The Balaban J connectivity index is 1.67. The Kier molecular flexibility index (Phi) is 2.78. The van der Waals surface area contributed by atoms with E-state index in [1.54, 1.807) is 6.33 Å². The Bertz CT molecular complexity index is 833. The Morgan fingerprint density at radius 1 is 1.32 bits per heavy atom. The van der Waals surface area contributed by atoms with Gasteiger partial charge in [0.05, 0.1) is 18.1 Å². The van der Waals surface area contributed by atoms with Crippen LogP contribution in [0.2, 0.25) is 0 Å². The van der Waals surface area contributed by atoms with Gasteiger partial charge in [0.1, 0.15) is 5.52 Å². The predicted molar refractivity (Wildman–Crippen MR) is 83.7 cm³/mol. The number of nitrogen functional groups attached to an aromatic ring is 1. The van der Waals surface area contributed by atoms with Crippen LogP contribution < -0.4 is 10.6 Å². The van der Waals surface area contributed by atoms with E-state index in [2.05, 4.69) is 47.6 Å². The lowest BCUT2D eigenvalue weighted by Gasteiger charge is -2.18. The summed E-state index contributed by atoms with van der Waals surface area (Å²) in [5.74, 6) is 1.08. The van der Waals surface area contributed by atoms with Crippen LogP contribution in [0.15, 0.2) is 12.4 Å². The third kappa shape index (κ3) is 1.99. The third-order valence-corrected chi connectivity index (χ3v) is 4.14. The van der Waals surface area contributed by atoms with Gasteiger partial charge in [-0.2, -0.15) is 15.1 Å². The summed E-state index contributed by atoms with van der Waals surface area (Å²) >= 11 is 0. The fourth-order valence-electron chi connectivity index (χ4n) is 3.21. The van der Waals surface area contributed by atoms with Crippen molar-refractivity contribution in [3.63, 3.8) is 0 Å². The summed E-state index contributed by atoms with van der Waals surface area (Å²) in [7, 11) is 0. The van der Waals surface area contributed by atoms with Gasteiger partial charge >= 0.3 is 0 Å². The summed E-state index contributed by atoms with van der Waals surface area (Å²) in [5.41, 5.74) is 9.50. The number of H-pyrrole nitrogens is 1. The van der Waals surface area contributed by atoms with Crippen molar-refractivity contribution >= 4 is 22.9 Å². The van der Waals surface area contributed by atoms with Gasteiger partial charge < -0.3 is 15.6 Å². The van der Waals surface area contributed by atoms with E-state index in [1.807, 2.05) is 6.92 Å². The molecule has 1 atom stereocenters. The molecule has 0 aromatic carbocycles. The molecule has 0 amide bonds. The zero-order valence-corrected chi connectivity index (χ0v) is 12.6. The van der Waals surface area contributed by atoms with E-state index in [0.717, 1.165) is 36.5 Å². The molecule has 0 unspecified atom stereocenters. The first-order valence-electron chi connectivity index (χ1n) is 7.36. The summed E-state index contributed by atoms with van der Waals surface area (Å²) in [6.07, 6.45) is 2.65. The van der Waals surface area contributed by atoms with Gasteiger partial charge in [-0.15, -0.1) is 0 Å². The lowest BCUT2D eigenvalue weighted by molar-refractivity contribution is 0.481. The molecular weight excluding hydrogens is 280 g/mol. The fourth-order valence-corrected chi connectivity index (χ4v) is 3.21. The minimum atomic E-state index is 0.254. The number of rotatable bonds is 2. The number of imidazole rings is 1. The summed E-state index contributed by atoms with van der Waals surface area (Å²) in [6.45, 7) is 5.88. The molecule has 22 heavy (non-hydrogen) atoms. The van der Waals surface area contributed by atoms with Gasteiger partial charge in [0, 0.05) is 18.8 Å². The molecule has 3 aromatic rings. The highest BCUT2D eigenvalue weighted by Crippen LogP contribution is 2.30. The maximum atomic E-state index is 5.80. The van der Waals surface area contributed by atoms with Gasteiger partial charge in [0.15, 0.2) is 11.5 Å². The van der Waals surface area contributed by atoms with E-state index in [4.69, 9.17) is 5.73 Å². The first kappa shape index (κ1) is 13.1. The number of hydrogen-bond acceptors (Lipinski definition) is 6. The molecule has 4 heterocycles. The van der Waals surface area contributed by atoms with Gasteiger partial charge in [-0.25, -0.2) is 4.98 Å². The van der Waals surface area contributed by atoms with Crippen molar-refractivity contribution < 1.29 is 0 Å². The van der Waals surface area contributed by atoms with Crippen molar-refractivity contribution in [2.45, 2.75) is 26.3 Å². The van der Waals surface area contributed by atoms with Crippen LogP contribution in [-0.2, 0) is 0 Å². The van der Waals surface area contributed by atoms with Crippen LogP contribution in [0.5, 0.6) is 0 Å². The predicted octanol–water partition coefficient (Wildman–Crippen LogP) is 1.20. The van der Waals surface area contributed by atoms with E-state index < -0.39 is 0 Å². The molecule has 1 aliphatic heterocycles. The molecule has 4 rings (SSSR count). The molecule has 8 heteroatoms. The molecule has 0 aliphatic carbocycles. The van der Waals surface area contributed by atoms with Crippen LogP contribution in [0, 0.1) is 13.8 Å². The topological polar surface area (TPSA) is 102 Å². The zero-order valence-electron chi connectivity index (χ0n) is 12.6. The molecule has 0 saturated carbocycles. The Morgan fingerprint density at radius 3 is 2.95 bits per heavy atom. The number of nitrogens with two attached hydrogens (primary N) is 1. The van der Waals surface area contributed by atoms with Gasteiger partial charge in [-0.1, -0.05) is 0 Å². The Hall–Kier alpha value is -2.64. The number of aromatic nitrogens is 6. The van der Waals surface area contributed by atoms with Crippen LogP contribution in [-0.4, -0.2) is 42.8 Å². The molecule has 114 valence electrons. The highest BCUT2D eigenvalue weighted by Gasteiger charge is 2.28. The molecule has 0 bridgehead atoms. The van der Waals surface area contributed by atoms with Crippen molar-refractivity contribution in [3.05, 3.63) is 23.8 Å². The van der Waals surface area contributed by atoms with E-state index in [1.165, 1.54) is 5.69 Å². The smallest absolute Gasteiger partial charge is 0.224 e. The standard InChI is InChI=1S/C14H18N8/c1-8-5-9(2)22(20-8)10-3-4-21(6-10)13-11-12(17-7-16-11)18-14(15)19-13/h5,7,10H,3-4,6H2,1-2H3,(H3,15,16,17,18,19)/t10-/m0/s1. The minimum Gasteiger partial charge on any atom is -0.368 e. The monoisotopic (exact) mass is 298 g/mol. The first-order chi connectivity index (χ1) is 10.6. The molecule has 0 radical (unpaired) electrons. The summed E-state index contributed by atoms with van der Waals surface area (Å²) in [4.78, 5) is 18.0. The molecule has 8 nitrogen and oxygen atoms in total. The van der Waals surface area contributed by atoms with E-state index in [9.17, 15) is 0 Å². The SMILES string of the molecule is Cc1cc(C)n([C@H]2CCN(c3nc(N)nc4nc[nH]c34)C2)n1. The van der Waals surface area contributed by atoms with Crippen LogP contribution in [0.3, 0.4) is 0 Å². The normalized spacial score (nSPS) is 18.5. The van der Waals surface area contributed by atoms with Crippen LogP contribution in [0.4, 0.5) is 11.8 Å². The average Bonchev–Trinajstić information content (AvgIpc) is 3.17. The molecule has 1 saturated heterocycles. The zero-order chi connectivity index (χ0) is 15.3. The average molecular weight is 298 g/mol. The maximum absolute atomic E-state index is 5.80. The van der Waals surface area contributed by atoms with Crippen LogP contribution >= 0.6 is 0 Å². The van der Waals surface area contributed by atoms with Gasteiger partial charge in [0.25, 0.3) is 0 Å². The molecule has 1 aliphatic rings. The second-order valence-corrected chi connectivity index (χ2v) is 5.77.